The summed E-state index contributed by atoms with van der Waals surface area (Å²) in [4.78, 5) is 5.92. The monoisotopic (exact) mass is 408 g/mol. The molecule has 1 aromatic carbocycles. The maximum absolute atomic E-state index is 15.2. The summed E-state index contributed by atoms with van der Waals surface area (Å²) in [5.41, 5.74) is 1.51. The van der Waals surface area contributed by atoms with Crippen LogP contribution in [-0.4, -0.2) is 55.7 Å². The highest BCUT2D eigenvalue weighted by atomic mass is 19.1. The molecule has 30 heavy (non-hydrogen) atoms. The van der Waals surface area contributed by atoms with Crippen LogP contribution in [0.1, 0.15) is 26.2 Å². The molecule has 2 bridgehead atoms. The van der Waals surface area contributed by atoms with Gasteiger partial charge in [-0.15, -0.1) is 10.2 Å². The number of benzene rings is 1. The third kappa shape index (κ3) is 3.11. The predicted molar refractivity (Wildman–Crippen MR) is 113 cm³/mol. The Hall–Kier alpha value is -3.00. The number of piperidine rings is 1. The molecule has 0 spiro atoms. The molecule has 0 unspecified atom stereocenters. The van der Waals surface area contributed by atoms with E-state index in [1.165, 1.54) is 0 Å². The predicted octanol–water partition coefficient (Wildman–Crippen LogP) is 3.09. The molecule has 2 aliphatic rings. The van der Waals surface area contributed by atoms with Crippen LogP contribution in [0.2, 0.25) is 0 Å². The normalized spacial score (nSPS) is 27.9. The zero-order valence-electron chi connectivity index (χ0n) is 17.0. The average Bonchev–Trinajstić information content (AvgIpc) is 3.40. The van der Waals surface area contributed by atoms with Crippen LogP contribution < -0.4 is 10.2 Å². The number of hydrogen-bond acceptors (Lipinski definition) is 6. The summed E-state index contributed by atoms with van der Waals surface area (Å²) in [6.45, 7) is 1.97. The second kappa shape index (κ2) is 7.05. The summed E-state index contributed by atoms with van der Waals surface area (Å²) >= 11 is 0. The number of phenolic OH excluding ortho intramolecular Hbond substituents is 1. The molecule has 4 atom stereocenters. The molecule has 5 rings (SSSR count). The van der Waals surface area contributed by atoms with Gasteiger partial charge in [0, 0.05) is 42.7 Å². The van der Waals surface area contributed by atoms with Crippen molar-refractivity contribution in [2.24, 2.45) is 0 Å². The van der Waals surface area contributed by atoms with Gasteiger partial charge < -0.3 is 19.9 Å². The van der Waals surface area contributed by atoms with E-state index in [0.717, 1.165) is 24.9 Å². The number of halogens is 1. The second-order valence-electron chi connectivity index (χ2n) is 8.56. The largest absolute Gasteiger partial charge is 0.507 e. The lowest BCUT2D eigenvalue weighted by Gasteiger charge is -2.44. The van der Waals surface area contributed by atoms with Crippen molar-refractivity contribution >= 4 is 5.82 Å². The number of rotatable bonds is 4. The Morgan fingerprint density at radius 3 is 2.83 bits per heavy atom. The summed E-state index contributed by atoms with van der Waals surface area (Å²) in [6.07, 6.45) is 6.83. The van der Waals surface area contributed by atoms with Crippen molar-refractivity contribution in [2.45, 2.75) is 50.0 Å². The van der Waals surface area contributed by atoms with Gasteiger partial charge in [-0.2, -0.15) is 0 Å². The van der Waals surface area contributed by atoms with Crippen molar-refractivity contribution in [3.63, 3.8) is 0 Å². The molecule has 2 saturated heterocycles. The maximum atomic E-state index is 15.2. The van der Waals surface area contributed by atoms with Crippen molar-refractivity contribution in [1.29, 1.82) is 0 Å². The van der Waals surface area contributed by atoms with E-state index in [1.54, 1.807) is 24.7 Å². The third-order valence-electron chi connectivity index (χ3n) is 6.59. The molecule has 0 radical (unpaired) electrons. The molecule has 2 aromatic heterocycles. The first-order valence-electron chi connectivity index (χ1n) is 10.2. The summed E-state index contributed by atoms with van der Waals surface area (Å²) in [5, 5.41) is 22.6. The van der Waals surface area contributed by atoms with Crippen LogP contribution in [0.25, 0.3) is 16.9 Å². The molecule has 0 amide bonds. The standard InChI is InChI=1S/C22H25FN6O/c1-22-8-7-14(25-22)11-18(21(22)23)28(2)20-6-5-17(26-27-20)16-4-3-15(12-19(16)30)29-10-9-24-13-29/h3-6,9-10,12-14,18,21,25,30H,7-8,11H2,1-2H3/t14-,18-,21+,22+/m0/s1. The number of alkyl halides is 1. The molecule has 2 fully saturated rings. The first-order valence-corrected chi connectivity index (χ1v) is 10.2. The van der Waals surface area contributed by atoms with E-state index >= 15 is 4.39 Å². The van der Waals surface area contributed by atoms with Gasteiger partial charge in [-0.25, -0.2) is 9.37 Å². The Kier molecular flexibility index (Phi) is 4.47. The highest BCUT2D eigenvalue weighted by Crippen LogP contribution is 2.40. The zero-order chi connectivity index (χ0) is 20.9. The highest BCUT2D eigenvalue weighted by molar-refractivity contribution is 5.69. The summed E-state index contributed by atoms with van der Waals surface area (Å²) in [6, 6.07) is 9.13. The second-order valence-corrected chi connectivity index (χ2v) is 8.56. The van der Waals surface area contributed by atoms with Crippen LogP contribution >= 0.6 is 0 Å². The number of phenols is 1. The average molecular weight is 408 g/mol. The van der Waals surface area contributed by atoms with E-state index in [9.17, 15) is 5.11 Å². The van der Waals surface area contributed by atoms with Gasteiger partial charge in [0.05, 0.1) is 23.8 Å². The fourth-order valence-electron chi connectivity index (χ4n) is 4.80. The maximum Gasteiger partial charge on any atom is 0.151 e. The number of anilines is 1. The minimum absolute atomic E-state index is 0.114. The van der Waals surface area contributed by atoms with Crippen LogP contribution in [-0.2, 0) is 0 Å². The van der Waals surface area contributed by atoms with Crippen molar-refractivity contribution in [3.8, 4) is 22.7 Å². The van der Waals surface area contributed by atoms with Crippen molar-refractivity contribution < 1.29 is 9.50 Å². The van der Waals surface area contributed by atoms with Gasteiger partial charge in [-0.05, 0) is 50.5 Å². The van der Waals surface area contributed by atoms with E-state index in [1.807, 2.05) is 47.8 Å². The van der Waals surface area contributed by atoms with E-state index in [2.05, 4.69) is 20.5 Å². The molecular weight excluding hydrogens is 383 g/mol. The van der Waals surface area contributed by atoms with Crippen LogP contribution in [0.4, 0.5) is 10.2 Å². The minimum atomic E-state index is -0.970. The zero-order valence-corrected chi connectivity index (χ0v) is 17.0. The summed E-state index contributed by atoms with van der Waals surface area (Å²) in [5.74, 6) is 0.745. The lowest BCUT2D eigenvalue weighted by Crippen LogP contribution is -2.62. The molecule has 0 aliphatic carbocycles. The third-order valence-corrected chi connectivity index (χ3v) is 6.59. The van der Waals surface area contributed by atoms with Gasteiger partial charge in [0.1, 0.15) is 11.9 Å². The molecule has 8 heteroatoms. The molecule has 7 nitrogen and oxygen atoms in total. The van der Waals surface area contributed by atoms with Gasteiger partial charge in [0.15, 0.2) is 5.82 Å². The van der Waals surface area contributed by atoms with E-state index < -0.39 is 11.7 Å². The molecule has 156 valence electrons. The number of hydrogen-bond donors (Lipinski definition) is 2. The fourth-order valence-corrected chi connectivity index (χ4v) is 4.80. The number of fused-ring (bicyclic) bond motifs is 2. The van der Waals surface area contributed by atoms with Crippen LogP contribution in [0, 0.1) is 0 Å². The molecule has 2 N–H and O–H groups in total. The molecule has 4 heterocycles. The van der Waals surface area contributed by atoms with Gasteiger partial charge in [0.25, 0.3) is 0 Å². The first kappa shape index (κ1) is 19.0. The Morgan fingerprint density at radius 2 is 2.13 bits per heavy atom. The Morgan fingerprint density at radius 1 is 1.27 bits per heavy atom. The molecule has 0 saturated carbocycles. The number of imidazole rings is 1. The SMILES string of the molecule is CN(c1ccc(-c2ccc(-n3ccnc3)cc2O)nn1)[C@H]1C[C@@H]2CC[C@@](C)(N2)[C@@H]1F. The Bertz CT molecular complexity index is 1040. The number of aromatic nitrogens is 4. The molecule has 2 aliphatic heterocycles. The van der Waals surface area contributed by atoms with Crippen LogP contribution in [0.3, 0.4) is 0 Å². The van der Waals surface area contributed by atoms with Gasteiger partial charge in [0.2, 0.25) is 0 Å². The molecule has 3 aromatic rings. The topological polar surface area (TPSA) is 79.1 Å². The van der Waals surface area contributed by atoms with Gasteiger partial charge >= 0.3 is 0 Å². The van der Waals surface area contributed by atoms with Crippen molar-refractivity contribution in [3.05, 3.63) is 49.1 Å². The van der Waals surface area contributed by atoms with Crippen molar-refractivity contribution in [1.82, 2.24) is 25.1 Å². The smallest absolute Gasteiger partial charge is 0.151 e. The van der Waals surface area contributed by atoms with Crippen molar-refractivity contribution in [2.75, 3.05) is 11.9 Å². The van der Waals surface area contributed by atoms with E-state index in [4.69, 9.17) is 0 Å². The van der Waals surface area contributed by atoms with E-state index in [-0.39, 0.29) is 11.8 Å². The number of nitrogens with one attached hydrogen (secondary N) is 1. The highest BCUT2D eigenvalue weighted by Gasteiger charge is 2.51. The van der Waals surface area contributed by atoms with Gasteiger partial charge in [-0.3, -0.25) is 0 Å². The lowest BCUT2D eigenvalue weighted by atomic mass is 9.86. The quantitative estimate of drug-likeness (QED) is 0.691. The lowest BCUT2D eigenvalue weighted by molar-refractivity contribution is 0.111. The van der Waals surface area contributed by atoms with E-state index in [0.29, 0.717) is 23.1 Å². The van der Waals surface area contributed by atoms with Gasteiger partial charge in [-0.1, -0.05) is 0 Å². The fraction of sp³-hybridized carbons (Fsp3) is 0.409. The summed E-state index contributed by atoms with van der Waals surface area (Å²) < 4.78 is 17.0. The molecular formula is C22H25FN6O. The first-order chi connectivity index (χ1) is 14.4. The number of nitrogens with zero attached hydrogens (tertiary/aromatic N) is 5. The van der Waals surface area contributed by atoms with Crippen LogP contribution in [0.15, 0.2) is 49.1 Å². The van der Waals surface area contributed by atoms with Crippen LogP contribution in [0.5, 0.6) is 5.75 Å². The summed E-state index contributed by atoms with van der Waals surface area (Å²) in [7, 11) is 1.88. The minimum Gasteiger partial charge on any atom is -0.507 e. The number of aromatic hydroxyl groups is 1. The Balaban J connectivity index is 1.37. The Labute approximate surface area is 174 Å².